The van der Waals surface area contributed by atoms with Crippen LogP contribution in [0.25, 0.3) is 0 Å². The maximum atomic E-state index is 13.6. The van der Waals surface area contributed by atoms with Gasteiger partial charge in [-0.15, -0.1) is 0 Å². The first-order chi connectivity index (χ1) is 10.8. The minimum absolute atomic E-state index is 0.0393. The van der Waals surface area contributed by atoms with Crippen LogP contribution in [-0.4, -0.2) is 33.2 Å². The van der Waals surface area contributed by atoms with E-state index in [-0.39, 0.29) is 17.9 Å². The van der Waals surface area contributed by atoms with Crippen LogP contribution in [0.4, 0.5) is 14.6 Å². The molecule has 0 amide bonds. The lowest BCUT2D eigenvalue weighted by molar-refractivity contribution is 0.0696. The summed E-state index contributed by atoms with van der Waals surface area (Å²) < 4.78 is 28.0. The molecule has 0 aliphatic rings. The van der Waals surface area contributed by atoms with Crippen LogP contribution in [0.3, 0.4) is 0 Å². The lowest BCUT2D eigenvalue weighted by atomic mass is 10.1. The average molecular weight is 323 g/mol. The number of nitrogens with one attached hydrogen (secondary N) is 1. The number of ketones is 1. The fourth-order valence-corrected chi connectivity index (χ4v) is 2.22. The number of hydrogen-bond acceptors (Lipinski definition) is 4. The molecule has 2 aromatic rings. The minimum atomic E-state index is -1.18. The largest absolute Gasteiger partial charge is 0.477 e. The van der Waals surface area contributed by atoms with E-state index in [0.29, 0.717) is 12.1 Å². The first-order valence-corrected chi connectivity index (χ1v) is 6.86. The number of benzene rings is 1. The monoisotopic (exact) mass is 323 g/mol. The van der Waals surface area contributed by atoms with Crippen molar-refractivity contribution < 1.29 is 23.5 Å². The van der Waals surface area contributed by atoms with E-state index in [9.17, 15) is 23.5 Å². The van der Waals surface area contributed by atoms with E-state index in [1.165, 1.54) is 11.7 Å². The number of rotatable bonds is 6. The van der Waals surface area contributed by atoms with Crippen molar-refractivity contribution in [2.45, 2.75) is 13.3 Å². The van der Waals surface area contributed by atoms with Crippen molar-refractivity contribution in [3.05, 3.63) is 46.7 Å². The number of Topliss-reactive ketones (excluding diaryl/α,β-unsaturated/α-hetero) is 1. The molecule has 0 bridgehead atoms. The number of carboxylic acids is 1. The highest BCUT2D eigenvalue weighted by molar-refractivity contribution is 6.00. The van der Waals surface area contributed by atoms with Crippen LogP contribution in [0.15, 0.2) is 18.2 Å². The number of aromatic carboxylic acids is 1. The van der Waals surface area contributed by atoms with Crippen LogP contribution in [0.5, 0.6) is 0 Å². The van der Waals surface area contributed by atoms with Crippen molar-refractivity contribution in [3.63, 3.8) is 0 Å². The summed E-state index contributed by atoms with van der Waals surface area (Å²) in [6, 6.07) is 2.58. The van der Waals surface area contributed by atoms with E-state index in [4.69, 9.17) is 0 Å². The van der Waals surface area contributed by atoms with Crippen molar-refractivity contribution in [2.75, 3.05) is 11.9 Å². The topological polar surface area (TPSA) is 84.2 Å². The number of carboxylic acid groups (broad SMARTS) is 1. The summed E-state index contributed by atoms with van der Waals surface area (Å²) >= 11 is 0. The van der Waals surface area contributed by atoms with Crippen molar-refractivity contribution in [1.82, 2.24) is 9.78 Å². The molecule has 0 saturated heterocycles. The Hall–Kier alpha value is -2.77. The summed E-state index contributed by atoms with van der Waals surface area (Å²) in [4.78, 5) is 23.4. The third-order valence-electron chi connectivity index (χ3n) is 3.31. The van der Waals surface area contributed by atoms with Gasteiger partial charge in [0.05, 0.1) is 17.8 Å². The van der Waals surface area contributed by atoms with Gasteiger partial charge in [0.25, 0.3) is 0 Å². The molecule has 0 aliphatic carbocycles. The lowest BCUT2D eigenvalue weighted by Crippen LogP contribution is -2.18. The Morgan fingerprint density at radius 1 is 1.35 bits per heavy atom. The molecule has 23 heavy (non-hydrogen) atoms. The number of hydrogen-bond donors (Lipinski definition) is 2. The van der Waals surface area contributed by atoms with Crippen molar-refractivity contribution in [1.29, 1.82) is 0 Å². The second kappa shape index (κ2) is 6.55. The van der Waals surface area contributed by atoms with Crippen LogP contribution in [0.2, 0.25) is 0 Å². The average Bonchev–Trinajstić information content (AvgIpc) is 2.83. The summed E-state index contributed by atoms with van der Waals surface area (Å²) in [6.07, 6.45) is 0.406. The van der Waals surface area contributed by atoms with Gasteiger partial charge < -0.3 is 10.4 Å². The number of nitrogens with zero attached hydrogens (tertiary/aromatic N) is 2. The number of aromatic nitrogens is 2. The van der Waals surface area contributed by atoms with Crippen molar-refractivity contribution in [2.24, 2.45) is 7.05 Å². The Bertz CT molecular complexity index is 772. The molecule has 0 radical (unpaired) electrons. The highest BCUT2D eigenvalue weighted by Gasteiger charge is 2.22. The molecule has 0 aliphatic heterocycles. The Balaban J connectivity index is 2.24. The first-order valence-electron chi connectivity index (χ1n) is 6.86. The first kappa shape index (κ1) is 16.6. The highest BCUT2D eigenvalue weighted by Crippen LogP contribution is 2.20. The SMILES string of the molecule is CCc1nn(C)c(NCC(=O)c2cc(F)ccc2F)c1C(=O)O. The molecule has 6 nitrogen and oxygen atoms in total. The molecular formula is C15H15F2N3O3. The Kier molecular flexibility index (Phi) is 4.73. The maximum absolute atomic E-state index is 13.6. The molecule has 0 spiro atoms. The van der Waals surface area contributed by atoms with Gasteiger partial charge in [0.2, 0.25) is 0 Å². The zero-order valence-corrected chi connectivity index (χ0v) is 12.6. The smallest absolute Gasteiger partial charge is 0.341 e. The molecule has 1 aromatic heterocycles. The van der Waals surface area contributed by atoms with Crippen molar-refractivity contribution >= 4 is 17.6 Å². The molecule has 2 N–H and O–H groups in total. The zero-order chi connectivity index (χ0) is 17.1. The van der Waals surface area contributed by atoms with E-state index in [0.717, 1.165) is 18.2 Å². The number of halogens is 2. The van der Waals surface area contributed by atoms with Crippen LogP contribution >= 0.6 is 0 Å². The van der Waals surface area contributed by atoms with Crippen LogP contribution in [0, 0.1) is 11.6 Å². The van der Waals surface area contributed by atoms with Gasteiger partial charge >= 0.3 is 5.97 Å². The molecular weight excluding hydrogens is 308 g/mol. The molecule has 1 aromatic carbocycles. The van der Waals surface area contributed by atoms with Gasteiger partial charge in [0.1, 0.15) is 23.0 Å². The molecule has 122 valence electrons. The summed E-state index contributed by atoms with van der Waals surface area (Å²) in [5, 5.41) is 16.0. The van der Waals surface area contributed by atoms with E-state index in [1.807, 2.05) is 0 Å². The number of anilines is 1. The molecule has 1 heterocycles. The van der Waals surface area contributed by atoms with Crippen LogP contribution < -0.4 is 5.32 Å². The van der Waals surface area contributed by atoms with Gasteiger partial charge in [-0.05, 0) is 24.6 Å². The quantitative estimate of drug-likeness (QED) is 0.797. The summed E-state index contributed by atoms with van der Waals surface area (Å²) in [5.74, 6) is -3.30. The predicted molar refractivity (Wildman–Crippen MR) is 78.7 cm³/mol. The fraction of sp³-hybridized carbons (Fsp3) is 0.267. The molecule has 0 unspecified atom stereocenters. The molecule has 0 atom stereocenters. The molecule has 8 heteroatoms. The molecule has 0 saturated carbocycles. The Morgan fingerprint density at radius 2 is 2.04 bits per heavy atom. The molecule has 0 fully saturated rings. The number of carbonyl (C=O) groups excluding carboxylic acids is 1. The zero-order valence-electron chi connectivity index (χ0n) is 12.6. The summed E-state index contributed by atoms with van der Waals surface area (Å²) in [6.45, 7) is 1.37. The highest BCUT2D eigenvalue weighted by atomic mass is 19.1. The van der Waals surface area contributed by atoms with E-state index < -0.39 is 29.0 Å². The number of carbonyl (C=O) groups is 2. The van der Waals surface area contributed by atoms with Crippen molar-refractivity contribution in [3.8, 4) is 0 Å². The normalized spacial score (nSPS) is 10.6. The third kappa shape index (κ3) is 3.36. The second-order valence-electron chi connectivity index (χ2n) is 4.85. The fourth-order valence-electron chi connectivity index (χ4n) is 2.22. The predicted octanol–water partition coefficient (Wildman–Crippen LogP) is 2.25. The molecule has 2 rings (SSSR count). The van der Waals surface area contributed by atoms with Gasteiger partial charge in [0.15, 0.2) is 5.78 Å². The van der Waals surface area contributed by atoms with Crippen LogP contribution in [-0.2, 0) is 13.5 Å². The minimum Gasteiger partial charge on any atom is -0.477 e. The summed E-state index contributed by atoms with van der Waals surface area (Å²) in [7, 11) is 1.53. The standard InChI is InChI=1S/C15H15F2N3O3/c1-3-11-13(15(22)23)14(20(2)19-11)18-7-12(21)9-6-8(16)4-5-10(9)17/h4-6,18H,3,7H2,1-2H3,(H,22,23). The van der Waals surface area contributed by atoms with E-state index in [2.05, 4.69) is 10.4 Å². The van der Waals surface area contributed by atoms with Gasteiger partial charge in [-0.25, -0.2) is 13.6 Å². The Labute approximate surface area is 130 Å². The third-order valence-corrected chi connectivity index (χ3v) is 3.31. The maximum Gasteiger partial charge on any atom is 0.341 e. The number of aryl methyl sites for hydroxylation is 2. The second-order valence-corrected chi connectivity index (χ2v) is 4.85. The van der Waals surface area contributed by atoms with Gasteiger partial charge in [0, 0.05) is 7.05 Å². The van der Waals surface area contributed by atoms with Gasteiger partial charge in [-0.2, -0.15) is 5.10 Å². The lowest BCUT2D eigenvalue weighted by Gasteiger charge is -2.08. The van der Waals surface area contributed by atoms with Crippen LogP contribution in [0.1, 0.15) is 33.3 Å². The van der Waals surface area contributed by atoms with E-state index in [1.54, 1.807) is 6.92 Å². The van der Waals surface area contributed by atoms with E-state index >= 15 is 0 Å². The van der Waals surface area contributed by atoms with Gasteiger partial charge in [-0.1, -0.05) is 6.92 Å². The van der Waals surface area contributed by atoms with Gasteiger partial charge in [-0.3, -0.25) is 9.48 Å². The Morgan fingerprint density at radius 3 is 2.65 bits per heavy atom. The summed E-state index contributed by atoms with van der Waals surface area (Å²) in [5.41, 5.74) is -0.0679.